The van der Waals surface area contributed by atoms with Gasteiger partial charge in [0, 0.05) is 19.2 Å². The van der Waals surface area contributed by atoms with Crippen molar-refractivity contribution in [2.75, 3.05) is 19.6 Å². The van der Waals surface area contributed by atoms with Crippen LogP contribution in [0.25, 0.3) is 0 Å². The van der Waals surface area contributed by atoms with Crippen molar-refractivity contribution in [1.29, 1.82) is 0 Å². The van der Waals surface area contributed by atoms with Gasteiger partial charge in [0.2, 0.25) is 5.91 Å². The molecule has 8 heteroatoms. The van der Waals surface area contributed by atoms with Crippen molar-refractivity contribution in [3.05, 3.63) is 69.8 Å². The molecule has 0 bridgehead atoms. The Morgan fingerprint density at radius 3 is 2.43 bits per heavy atom. The number of fused-ring (bicyclic) bond motifs is 3. The largest absolute Gasteiger partial charge is 0.332 e. The number of halogens is 4. The Hall–Kier alpha value is -2.90. The maximum Gasteiger partial charge on any atom is 0.260 e. The number of carbonyl (C=O) groups is 2. The van der Waals surface area contributed by atoms with Gasteiger partial charge in [-0.25, -0.2) is 17.6 Å². The van der Waals surface area contributed by atoms with Gasteiger partial charge in [-0.15, -0.1) is 0 Å². The third kappa shape index (κ3) is 2.83. The van der Waals surface area contributed by atoms with Crippen molar-refractivity contribution < 1.29 is 27.2 Å². The molecule has 2 aliphatic heterocycles. The fraction of sp³-hybridized carbons (Fsp3) is 0.300. The normalized spacial score (nSPS) is 18.8. The van der Waals surface area contributed by atoms with E-state index in [0.29, 0.717) is 13.0 Å². The molecule has 2 aliphatic rings. The van der Waals surface area contributed by atoms with Crippen LogP contribution in [-0.2, 0) is 11.2 Å². The Labute approximate surface area is 158 Å². The van der Waals surface area contributed by atoms with Gasteiger partial charge >= 0.3 is 0 Å². The van der Waals surface area contributed by atoms with Crippen LogP contribution in [0.1, 0.15) is 33.1 Å². The number of piperazine rings is 1. The van der Waals surface area contributed by atoms with Crippen LogP contribution in [0.5, 0.6) is 0 Å². The molecule has 2 heterocycles. The molecule has 146 valence electrons. The highest BCUT2D eigenvalue weighted by atomic mass is 19.2. The van der Waals surface area contributed by atoms with E-state index >= 15 is 0 Å². The molecule has 1 unspecified atom stereocenters. The number of hydrogen-bond donors (Lipinski definition) is 0. The van der Waals surface area contributed by atoms with E-state index in [1.807, 2.05) is 25.1 Å². The van der Waals surface area contributed by atoms with Crippen LogP contribution in [0.15, 0.2) is 24.3 Å². The molecule has 0 spiro atoms. The van der Waals surface area contributed by atoms with E-state index in [9.17, 15) is 27.2 Å². The van der Waals surface area contributed by atoms with Gasteiger partial charge in [-0.3, -0.25) is 9.59 Å². The van der Waals surface area contributed by atoms with Crippen LogP contribution >= 0.6 is 0 Å². The summed E-state index contributed by atoms with van der Waals surface area (Å²) in [7, 11) is 0. The molecule has 0 radical (unpaired) electrons. The quantitative estimate of drug-likeness (QED) is 0.553. The second-order valence-electron chi connectivity index (χ2n) is 7.08. The SMILES string of the molecule is Cc1ccc2c(c1)CCN1C(=O)CN(C(=O)c3c(F)c(F)cc(F)c3F)CC21. The highest BCUT2D eigenvalue weighted by Crippen LogP contribution is 2.34. The van der Waals surface area contributed by atoms with E-state index in [4.69, 9.17) is 0 Å². The highest BCUT2D eigenvalue weighted by Gasteiger charge is 2.40. The van der Waals surface area contributed by atoms with Crippen molar-refractivity contribution in [3.8, 4) is 0 Å². The van der Waals surface area contributed by atoms with Crippen LogP contribution < -0.4 is 0 Å². The summed E-state index contributed by atoms with van der Waals surface area (Å²) in [5, 5.41) is 0. The lowest BCUT2D eigenvalue weighted by Crippen LogP contribution is -2.55. The van der Waals surface area contributed by atoms with Gasteiger partial charge in [0.25, 0.3) is 5.91 Å². The summed E-state index contributed by atoms with van der Waals surface area (Å²) in [6.07, 6.45) is 0.672. The Kier molecular flexibility index (Phi) is 4.36. The van der Waals surface area contributed by atoms with Gasteiger partial charge in [-0.1, -0.05) is 23.8 Å². The molecule has 0 aliphatic carbocycles. The molecular weight excluding hydrogens is 376 g/mol. The van der Waals surface area contributed by atoms with E-state index in [-0.39, 0.29) is 18.5 Å². The first-order chi connectivity index (χ1) is 13.3. The molecule has 4 rings (SSSR count). The molecule has 2 aromatic rings. The highest BCUT2D eigenvalue weighted by molar-refractivity contribution is 5.97. The van der Waals surface area contributed by atoms with E-state index in [2.05, 4.69) is 0 Å². The molecule has 0 N–H and O–H groups in total. The summed E-state index contributed by atoms with van der Waals surface area (Å²) >= 11 is 0. The topological polar surface area (TPSA) is 40.6 Å². The van der Waals surface area contributed by atoms with E-state index in [0.717, 1.165) is 21.6 Å². The Balaban J connectivity index is 1.71. The summed E-state index contributed by atoms with van der Waals surface area (Å²) in [6.45, 7) is 1.99. The summed E-state index contributed by atoms with van der Waals surface area (Å²) < 4.78 is 55.1. The third-order valence-electron chi connectivity index (χ3n) is 5.31. The standard InChI is InChI=1S/C20H16F4N2O2/c1-10-2-3-12-11(6-10)4-5-26-15(12)8-25(9-16(26)27)20(28)17-18(23)13(21)7-14(22)19(17)24/h2-3,6-7,15H,4-5,8-9H2,1H3. The lowest BCUT2D eigenvalue weighted by atomic mass is 9.89. The first-order valence-electron chi connectivity index (χ1n) is 8.79. The second-order valence-corrected chi connectivity index (χ2v) is 7.08. The van der Waals surface area contributed by atoms with Crippen molar-refractivity contribution in [2.24, 2.45) is 0 Å². The zero-order valence-corrected chi connectivity index (χ0v) is 14.9. The molecular formula is C20H16F4N2O2. The predicted octanol–water partition coefficient (Wildman–Crippen LogP) is 3.13. The van der Waals surface area contributed by atoms with Gasteiger partial charge in [0.1, 0.15) is 12.1 Å². The van der Waals surface area contributed by atoms with Gasteiger partial charge in [-0.05, 0) is 24.5 Å². The summed E-state index contributed by atoms with van der Waals surface area (Å²) in [5.41, 5.74) is 1.63. The zero-order chi connectivity index (χ0) is 20.2. The number of amides is 2. The first kappa shape index (κ1) is 18.5. The summed E-state index contributed by atoms with van der Waals surface area (Å²) in [5.74, 6) is -8.48. The van der Waals surface area contributed by atoms with Crippen LogP contribution in [0.3, 0.4) is 0 Å². The first-order valence-corrected chi connectivity index (χ1v) is 8.79. The lowest BCUT2D eigenvalue weighted by molar-refractivity contribution is -0.139. The summed E-state index contributed by atoms with van der Waals surface area (Å²) in [4.78, 5) is 27.8. The van der Waals surface area contributed by atoms with Crippen LogP contribution in [0.4, 0.5) is 17.6 Å². The maximum absolute atomic E-state index is 14.0. The van der Waals surface area contributed by atoms with Crippen LogP contribution in [-0.4, -0.2) is 41.2 Å². The number of aryl methyl sites for hydroxylation is 1. The van der Waals surface area contributed by atoms with Gasteiger partial charge < -0.3 is 9.80 Å². The van der Waals surface area contributed by atoms with E-state index in [1.165, 1.54) is 0 Å². The average molecular weight is 392 g/mol. The number of carbonyl (C=O) groups excluding carboxylic acids is 2. The lowest BCUT2D eigenvalue weighted by Gasteiger charge is -2.44. The van der Waals surface area contributed by atoms with Crippen molar-refractivity contribution in [3.63, 3.8) is 0 Å². The number of rotatable bonds is 1. The Morgan fingerprint density at radius 1 is 1.07 bits per heavy atom. The molecule has 4 nitrogen and oxygen atoms in total. The van der Waals surface area contributed by atoms with Gasteiger partial charge in [0.05, 0.1) is 6.04 Å². The summed E-state index contributed by atoms with van der Waals surface area (Å²) in [6, 6.07) is 5.32. The third-order valence-corrected chi connectivity index (χ3v) is 5.31. The Morgan fingerprint density at radius 2 is 1.75 bits per heavy atom. The smallest absolute Gasteiger partial charge is 0.260 e. The molecule has 1 fully saturated rings. The number of nitrogens with zero attached hydrogens (tertiary/aromatic N) is 2. The molecule has 28 heavy (non-hydrogen) atoms. The van der Waals surface area contributed by atoms with Crippen molar-refractivity contribution in [1.82, 2.24) is 9.80 Å². The Bertz CT molecular complexity index is 982. The second kappa shape index (κ2) is 6.61. The van der Waals surface area contributed by atoms with Crippen molar-refractivity contribution >= 4 is 11.8 Å². The number of hydrogen-bond acceptors (Lipinski definition) is 2. The minimum Gasteiger partial charge on any atom is -0.332 e. The predicted molar refractivity (Wildman–Crippen MR) is 91.5 cm³/mol. The zero-order valence-electron chi connectivity index (χ0n) is 14.9. The van der Waals surface area contributed by atoms with E-state index in [1.54, 1.807) is 4.90 Å². The van der Waals surface area contributed by atoms with E-state index < -0.39 is 47.3 Å². The minimum absolute atomic E-state index is 0.0162. The maximum atomic E-state index is 14.0. The minimum atomic E-state index is -1.77. The molecule has 0 aromatic heterocycles. The fourth-order valence-electron chi connectivity index (χ4n) is 3.94. The molecule has 2 amide bonds. The fourth-order valence-corrected chi connectivity index (χ4v) is 3.94. The number of benzene rings is 2. The monoisotopic (exact) mass is 392 g/mol. The molecule has 2 aromatic carbocycles. The van der Waals surface area contributed by atoms with Gasteiger partial charge in [0.15, 0.2) is 23.3 Å². The van der Waals surface area contributed by atoms with Crippen molar-refractivity contribution in [2.45, 2.75) is 19.4 Å². The molecule has 1 saturated heterocycles. The van der Waals surface area contributed by atoms with Crippen LogP contribution in [0, 0.1) is 30.2 Å². The van der Waals surface area contributed by atoms with Crippen LogP contribution in [0.2, 0.25) is 0 Å². The average Bonchev–Trinajstić information content (AvgIpc) is 2.66. The molecule has 0 saturated carbocycles. The van der Waals surface area contributed by atoms with Gasteiger partial charge in [-0.2, -0.15) is 0 Å². The molecule has 1 atom stereocenters.